The maximum Gasteiger partial charge on any atom is 0.194 e. The van der Waals surface area contributed by atoms with E-state index >= 15 is 0 Å². The molecule has 0 N–H and O–H groups in total. The summed E-state index contributed by atoms with van der Waals surface area (Å²) in [5, 5.41) is 4.31. The summed E-state index contributed by atoms with van der Waals surface area (Å²) in [6.45, 7) is 0.408. The maximum absolute atomic E-state index is 13.5. The van der Waals surface area contributed by atoms with Crippen LogP contribution in [-0.4, -0.2) is 26.9 Å². The summed E-state index contributed by atoms with van der Waals surface area (Å²) in [5.41, 5.74) is 2.80. The van der Waals surface area contributed by atoms with Gasteiger partial charge in [0.2, 0.25) is 0 Å². The molecule has 0 aliphatic carbocycles. The van der Waals surface area contributed by atoms with E-state index in [9.17, 15) is 13.2 Å². The molecule has 0 aliphatic heterocycles. The third-order valence-corrected chi connectivity index (χ3v) is 4.15. The minimum absolute atomic E-state index is 0.191. The smallest absolute Gasteiger partial charge is 0.194 e. The second-order valence-electron chi connectivity index (χ2n) is 5.92. The average Bonchev–Trinajstić information content (AvgIpc) is 3.08. The van der Waals surface area contributed by atoms with Gasteiger partial charge < -0.3 is 4.74 Å². The molecule has 0 radical (unpaired) electrons. The molecule has 27 heavy (non-hydrogen) atoms. The van der Waals surface area contributed by atoms with Crippen LogP contribution in [0.4, 0.5) is 13.2 Å². The normalized spacial score (nSPS) is 11.1. The number of methoxy groups -OCH3 is 1. The molecule has 5 nitrogen and oxygen atoms in total. The first-order valence-electron chi connectivity index (χ1n) is 7.99. The van der Waals surface area contributed by atoms with E-state index < -0.39 is 17.5 Å². The molecule has 3 heterocycles. The van der Waals surface area contributed by atoms with Crippen molar-refractivity contribution in [1.29, 1.82) is 0 Å². The standard InChI is InChI=1S/C19H13F3N4O/c1-27-14-2-11(6-23-8-14)10-26-18-5-13(7-24-17(18)9-25-26)12-3-15(20)19(22)16(21)4-12/h2-9H,10H2,1H3. The Morgan fingerprint density at radius 1 is 0.926 bits per heavy atom. The Bertz CT molecular complexity index is 1120. The quantitative estimate of drug-likeness (QED) is 0.510. The van der Waals surface area contributed by atoms with Crippen molar-refractivity contribution < 1.29 is 17.9 Å². The fourth-order valence-corrected chi connectivity index (χ4v) is 2.80. The van der Waals surface area contributed by atoms with Gasteiger partial charge in [-0.25, -0.2) is 13.2 Å². The highest BCUT2D eigenvalue weighted by Gasteiger charge is 2.13. The highest BCUT2D eigenvalue weighted by molar-refractivity contribution is 5.80. The zero-order valence-corrected chi connectivity index (χ0v) is 14.2. The summed E-state index contributed by atoms with van der Waals surface area (Å²) in [7, 11) is 1.56. The lowest BCUT2D eigenvalue weighted by Crippen LogP contribution is -2.02. The molecule has 0 fully saturated rings. The number of hydrogen-bond acceptors (Lipinski definition) is 4. The van der Waals surface area contributed by atoms with Crippen LogP contribution in [0.25, 0.3) is 22.2 Å². The van der Waals surface area contributed by atoms with Gasteiger partial charge in [0, 0.05) is 18.0 Å². The minimum Gasteiger partial charge on any atom is -0.495 e. The van der Waals surface area contributed by atoms with E-state index in [1.165, 1.54) is 6.20 Å². The van der Waals surface area contributed by atoms with E-state index in [4.69, 9.17) is 4.74 Å². The Morgan fingerprint density at radius 3 is 2.44 bits per heavy atom. The number of pyridine rings is 2. The predicted octanol–water partition coefficient (Wildman–Crippen LogP) is 3.97. The van der Waals surface area contributed by atoms with Gasteiger partial charge in [0.05, 0.1) is 31.6 Å². The largest absolute Gasteiger partial charge is 0.495 e. The van der Waals surface area contributed by atoms with Crippen molar-refractivity contribution in [1.82, 2.24) is 19.7 Å². The number of rotatable bonds is 4. The Kier molecular flexibility index (Phi) is 4.23. The number of ether oxygens (including phenoxy) is 1. The monoisotopic (exact) mass is 370 g/mol. The van der Waals surface area contributed by atoms with E-state index in [2.05, 4.69) is 15.1 Å². The van der Waals surface area contributed by atoms with Crippen LogP contribution in [0, 0.1) is 17.5 Å². The van der Waals surface area contributed by atoms with Crippen LogP contribution in [0.1, 0.15) is 5.56 Å². The summed E-state index contributed by atoms with van der Waals surface area (Å²) in [6.07, 6.45) is 6.35. The van der Waals surface area contributed by atoms with Crippen molar-refractivity contribution in [3.05, 3.63) is 72.1 Å². The Labute approximate surface area is 152 Å². The van der Waals surface area contributed by atoms with Crippen LogP contribution in [0.15, 0.2) is 49.1 Å². The van der Waals surface area contributed by atoms with Crippen molar-refractivity contribution in [2.75, 3.05) is 7.11 Å². The van der Waals surface area contributed by atoms with E-state index in [-0.39, 0.29) is 5.56 Å². The first-order valence-corrected chi connectivity index (χ1v) is 7.99. The van der Waals surface area contributed by atoms with E-state index in [1.54, 1.807) is 36.4 Å². The lowest BCUT2D eigenvalue weighted by atomic mass is 10.1. The van der Waals surface area contributed by atoms with Gasteiger partial charge in [-0.3, -0.25) is 14.6 Å². The van der Waals surface area contributed by atoms with Gasteiger partial charge in [-0.2, -0.15) is 5.10 Å². The molecule has 1 aromatic carbocycles. The van der Waals surface area contributed by atoms with Crippen LogP contribution in [0.5, 0.6) is 5.75 Å². The van der Waals surface area contributed by atoms with Gasteiger partial charge in [-0.05, 0) is 35.4 Å². The first kappa shape index (κ1) is 17.0. The van der Waals surface area contributed by atoms with E-state index in [1.807, 2.05) is 6.07 Å². The van der Waals surface area contributed by atoms with Crippen LogP contribution in [-0.2, 0) is 6.54 Å². The van der Waals surface area contributed by atoms with Crippen LogP contribution in [0.2, 0.25) is 0 Å². The van der Waals surface area contributed by atoms with Gasteiger partial charge in [0.25, 0.3) is 0 Å². The van der Waals surface area contributed by atoms with Gasteiger partial charge in [-0.15, -0.1) is 0 Å². The van der Waals surface area contributed by atoms with Crippen LogP contribution < -0.4 is 4.74 Å². The number of fused-ring (bicyclic) bond motifs is 1. The zero-order valence-electron chi connectivity index (χ0n) is 14.2. The second-order valence-corrected chi connectivity index (χ2v) is 5.92. The Morgan fingerprint density at radius 2 is 1.70 bits per heavy atom. The summed E-state index contributed by atoms with van der Waals surface area (Å²) in [6, 6.07) is 5.42. The number of benzene rings is 1. The van der Waals surface area contributed by atoms with Gasteiger partial charge in [0.1, 0.15) is 11.3 Å². The average molecular weight is 370 g/mol. The molecule has 0 atom stereocenters. The number of nitrogens with zero attached hydrogens (tertiary/aromatic N) is 4. The van der Waals surface area contributed by atoms with Crippen molar-refractivity contribution in [3.63, 3.8) is 0 Å². The maximum atomic E-state index is 13.5. The van der Waals surface area contributed by atoms with E-state index in [0.29, 0.717) is 28.9 Å². The van der Waals surface area contributed by atoms with E-state index in [0.717, 1.165) is 17.7 Å². The SMILES string of the molecule is COc1cncc(Cn2ncc3ncc(-c4cc(F)c(F)c(F)c4)cc32)c1. The molecule has 136 valence electrons. The zero-order chi connectivity index (χ0) is 19.0. The van der Waals surface area contributed by atoms with Crippen molar-refractivity contribution >= 4 is 11.0 Å². The summed E-state index contributed by atoms with van der Waals surface area (Å²) < 4.78 is 47.2. The Hall–Kier alpha value is -3.42. The molecule has 0 aliphatic rings. The minimum atomic E-state index is -1.50. The fourth-order valence-electron chi connectivity index (χ4n) is 2.80. The Balaban J connectivity index is 1.75. The number of halogens is 3. The summed E-state index contributed by atoms with van der Waals surface area (Å²) >= 11 is 0. The number of hydrogen-bond donors (Lipinski definition) is 0. The molecule has 0 amide bonds. The van der Waals surface area contributed by atoms with Gasteiger partial charge in [-0.1, -0.05) is 0 Å². The highest BCUT2D eigenvalue weighted by Crippen LogP contribution is 2.26. The molecule has 4 rings (SSSR count). The molecular weight excluding hydrogens is 357 g/mol. The highest BCUT2D eigenvalue weighted by atomic mass is 19.2. The third-order valence-electron chi connectivity index (χ3n) is 4.15. The molecular formula is C19H13F3N4O. The second kappa shape index (κ2) is 6.71. The lowest BCUT2D eigenvalue weighted by molar-refractivity contribution is 0.412. The fraction of sp³-hybridized carbons (Fsp3) is 0.105. The van der Waals surface area contributed by atoms with Crippen LogP contribution >= 0.6 is 0 Å². The third kappa shape index (κ3) is 3.21. The van der Waals surface area contributed by atoms with Crippen LogP contribution in [0.3, 0.4) is 0 Å². The molecule has 0 bridgehead atoms. The molecule has 0 unspecified atom stereocenters. The molecule has 0 spiro atoms. The number of aromatic nitrogens is 4. The molecule has 0 saturated heterocycles. The molecule has 8 heteroatoms. The molecule has 4 aromatic rings. The predicted molar refractivity (Wildman–Crippen MR) is 92.7 cm³/mol. The molecule has 0 saturated carbocycles. The summed E-state index contributed by atoms with van der Waals surface area (Å²) in [5.74, 6) is -3.37. The first-order chi connectivity index (χ1) is 13.0. The van der Waals surface area contributed by atoms with Crippen molar-refractivity contribution in [2.24, 2.45) is 0 Å². The topological polar surface area (TPSA) is 52.8 Å². The van der Waals surface area contributed by atoms with Gasteiger partial charge >= 0.3 is 0 Å². The van der Waals surface area contributed by atoms with Crippen molar-refractivity contribution in [3.8, 4) is 16.9 Å². The van der Waals surface area contributed by atoms with Crippen molar-refractivity contribution in [2.45, 2.75) is 6.54 Å². The lowest BCUT2D eigenvalue weighted by Gasteiger charge is -2.07. The molecule has 3 aromatic heterocycles. The summed E-state index contributed by atoms with van der Waals surface area (Å²) in [4.78, 5) is 8.38. The van der Waals surface area contributed by atoms with Gasteiger partial charge in [0.15, 0.2) is 17.5 Å².